The standard InChI is InChI=1S/C24H20FN5O3/c1-33-22-12-10-20(11-13-22)29(24(32)17-2-4-18(25)5-3-17)16-23(31)28-19-6-8-21(9-7-19)30-26-14-15-27-30/h2-15H,16H2,1H3,(H,28,31). The van der Waals surface area contributed by atoms with Crippen LogP contribution >= 0.6 is 0 Å². The van der Waals surface area contributed by atoms with Crippen molar-refractivity contribution in [3.63, 3.8) is 0 Å². The fraction of sp³-hybridized carbons (Fsp3) is 0.0833. The zero-order valence-electron chi connectivity index (χ0n) is 17.7. The van der Waals surface area contributed by atoms with Crippen molar-refractivity contribution in [2.24, 2.45) is 0 Å². The molecular weight excluding hydrogens is 425 g/mol. The Kier molecular flexibility index (Phi) is 6.40. The molecule has 0 radical (unpaired) electrons. The summed E-state index contributed by atoms with van der Waals surface area (Å²) >= 11 is 0. The summed E-state index contributed by atoms with van der Waals surface area (Å²) in [5, 5.41) is 10.9. The van der Waals surface area contributed by atoms with Crippen molar-refractivity contribution in [1.82, 2.24) is 15.0 Å². The van der Waals surface area contributed by atoms with E-state index in [0.29, 0.717) is 17.1 Å². The molecule has 0 aliphatic rings. The van der Waals surface area contributed by atoms with Gasteiger partial charge in [-0.25, -0.2) is 4.39 Å². The molecule has 0 bridgehead atoms. The molecule has 4 rings (SSSR count). The van der Waals surface area contributed by atoms with Crippen molar-refractivity contribution in [1.29, 1.82) is 0 Å². The minimum atomic E-state index is -0.450. The number of ether oxygens (including phenoxy) is 1. The number of rotatable bonds is 7. The maximum atomic E-state index is 13.3. The molecule has 0 aliphatic heterocycles. The monoisotopic (exact) mass is 445 g/mol. The molecule has 1 aromatic heterocycles. The van der Waals surface area contributed by atoms with Gasteiger partial charge in [0.15, 0.2) is 0 Å². The summed E-state index contributed by atoms with van der Waals surface area (Å²) in [4.78, 5) is 28.7. The van der Waals surface area contributed by atoms with E-state index in [-0.39, 0.29) is 12.1 Å². The maximum absolute atomic E-state index is 13.3. The highest BCUT2D eigenvalue weighted by Crippen LogP contribution is 2.22. The van der Waals surface area contributed by atoms with E-state index in [1.54, 1.807) is 60.9 Å². The van der Waals surface area contributed by atoms with E-state index in [9.17, 15) is 14.0 Å². The van der Waals surface area contributed by atoms with Crippen molar-refractivity contribution >= 4 is 23.2 Å². The van der Waals surface area contributed by atoms with Crippen LogP contribution in [0.3, 0.4) is 0 Å². The summed E-state index contributed by atoms with van der Waals surface area (Å²) in [6.07, 6.45) is 3.14. The van der Waals surface area contributed by atoms with Gasteiger partial charge in [-0.05, 0) is 72.8 Å². The second-order valence-corrected chi connectivity index (χ2v) is 7.01. The number of halogens is 1. The Hall–Kier alpha value is -4.53. The quantitative estimate of drug-likeness (QED) is 0.469. The Bertz CT molecular complexity index is 1220. The SMILES string of the molecule is COc1ccc(N(CC(=O)Nc2ccc(-n3nccn3)cc2)C(=O)c2ccc(F)cc2)cc1. The zero-order valence-corrected chi connectivity index (χ0v) is 17.7. The van der Waals surface area contributed by atoms with Gasteiger partial charge < -0.3 is 10.1 Å². The summed E-state index contributed by atoms with van der Waals surface area (Å²) in [5.41, 5.74) is 2.06. The fourth-order valence-corrected chi connectivity index (χ4v) is 3.16. The van der Waals surface area contributed by atoms with Crippen molar-refractivity contribution in [3.8, 4) is 11.4 Å². The number of nitrogens with zero attached hydrogens (tertiary/aromatic N) is 4. The average Bonchev–Trinajstić information content (AvgIpc) is 3.38. The Morgan fingerprint density at radius 2 is 1.58 bits per heavy atom. The third kappa shape index (κ3) is 5.21. The summed E-state index contributed by atoms with van der Waals surface area (Å²) < 4.78 is 18.5. The first-order valence-corrected chi connectivity index (χ1v) is 10.0. The second-order valence-electron chi connectivity index (χ2n) is 7.01. The van der Waals surface area contributed by atoms with Gasteiger partial charge in [-0.15, -0.1) is 0 Å². The number of hydrogen-bond acceptors (Lipinski definition) is 5. The summed E-state index contributed by atoms with van der Waals surface area (Å²) in [6.45, 7) is -0.245. The number of hydrogen-bond donors (Lipinski definition) is 1. The van der Waals surface area contributed by atoms with Gasteiger partial charge in [0, 0.05) is 16.9 Å². The molecule has 0 unspecified atom stereocenters. The number of methoxy groups -OCH3 is 1. The van der Waals surface area contributed by atoms with Crippen molar-refractivity contribution in [2.75, 3.05) is 23.9 Å². The van der Waals surface area contributed by atoms with E-state index in [1.165, 1.54) is 41.1 Å². The third-order valence-corrected chi connectivity index (χ3v) is 4.82. The van der Waals surface area contributed by atoms with E-state index in [4.69, 9.17) is 4.74 Å². The Morgan fingerprint density at radius 1 is 0.939 bits per heavy atom. The molecule has 0 saturated heterocycles. The number of aromatic nitrogens is 3. The molecule has 1 N–H and O–H groups in total. The molecule has 0 aliphatic carbocycles. The smallest absolute Gasteiger partial charge is 0.258 e. The van der Waals surface area contributed by atoms with E-state index >= 15 is 0 Å². The predicted octanol–water partition coefficient (Wildman–Crippen LogP) is 3.70. The van der Waals surface area contributed by atoms with E-state index in [2.05, 4.69) is 15.5 Å². The summed E-state index contributed by atoms with van der Waals surface area (Å²) in [5.74, 6) is -0.667. The van der Waals surface area contributed by atoms with Gasteiger partial charge in [-0.1, -0.05) is 0 Å². The summed E-state index contributed by atoms with van der Waals surface area (Å²) in [6, 6.07) is 18.9. The minimum Gasteiger partial charge on any atom is -0.497 e. The van der Waals surface area contributed by atoms with Crippen molar-refractivity contribution < 1.29 is 18.7 Å². The van der Waals surface area contributed by atoms with Crippen LogP contribution in [-0.4, -0.2) is 40.5 Å². The third-order valence-electron chi connectivity index (χ3n) is 4.82. The van der Waals surface area contributed by atoms with Crippen LogP contribution in [0, 0.1) is 5.82 Å². The molecule has 0 spiro atoms. The number of benzene rings is 3. The molecule has 166 valence electrons. The van der Waals surface area contributed by atoms with Crippen LogP contribution in [0.5, 0.6) is 5.75 Å². The van der Waals surface area contributed by atoms with Crippen LogP contribution in [0.2, 0.25) is 0 Å². The average molecular weight is 445 g/mol. The normalized spacial score (nSPS) is 10.5. The largest absolute Gasteiger partial charge is 0.497 e. The molecule has 3 aromatic carbocycles. The highest BCUT2D eigenvalue weighted by Gasteiger charge is 2.21. The lowest BCUT2D eigenvalue weighted by atomic mass is 10.1. The topological polar surface area (TPSA) is 89.3 Å². The number of carbonyl (C=O) groups is 2. The Morgan fingerprint density at radius 3 is 2.18 bits per heavy atom. The van der Waals surface area contributed by atoms with Gasteiger partial charge in [0.2, 0.25) is 5.91 Å². The van der Waals surface area contributed by atoms with Crippen LogP contribution in [0.4, 0.5) is 15.8 Å². The molecule has 33 heavy (non-hydrogen) atoms. The number of nitrogens with one attached hydrogen (secondary N) is 1. The van der Waals surface area contributed by atoms with Crippen LogP contribution < -0.4 is 15.0 Å². The van der Waals surface area contributed by atoms with Crippen LogP contribution in [0.1, 0.15) is 10.4 Å². The molecule has 4 aromatic rings. The van der Waals surface area contributed by atoms with Gasteiger partial charge in [-0.3, -0.25) is 14.5 Å². The van der Waals surface area contributed by atoms with Gasteiger partial charge in [0.05, 0.1) is 25.2 Å². The molecular formula is C24H20FN5O3. The van der Waals surface area contributed by atoms with Crippen LogP contribution in [-0.2, 0) is 4.79 Å². The van der Waals surface area contributed by atoms with Crippen LogP contribution in [0.25, 0.3) is 5.69 Å². The number of anilines is 2. The Labute approximate surface area is 189 Å². The zero-order chi connectivity index (χ0) is 23.2. The lowest BCUT2D eigenvalue weighted by molar-refractivity contribution is -0.114. The Balaban J connectivity index is 1.52. The molecule has 8 nitrogen and oxygen atoms in total. The lowest BCUT2D eigenvalue weighted by Gasteiger charge is -2.23. The molecule has 0 saturated carbocycles. The van der Waals surface area contributed by atoms with E-state index in [1.807, 2.05) is 0 Å². The van der Waals surface area contributed by atoms with Crippen LogP contribution in [0.15, 0.2) is 85.2 Å². The van der Waals surface area contributed by atoms with E-state index in [0.717, 1.165) is 5.69 Å². The molecule has 9 heteroatoms. The first-order valence-electron chi connectivity index (χ1n) is 10.0. The lowest BCUT2D eigenvalue weighted by Crippen LogP contribution is -2.38. The van der Waals surface area contributed by atoms with Gasteiger partial charge in [-0.2, -0.15) is 15.0 Å². The number of amides is 2. The first kappa shape index (κ1) is 21.7. The minimum absolute atomic E-state index is 0.245. The number of carbonyl (C=O) groups excluding carboxylic acids is 2. The molecule has 2 amide bonds. The van der Waals surface area contributed by atoms with Gasteiger partial charge in [0.25, 0.3) is 5.91 Å². The molecule has 1 heterocycles. The van der Waals surface area contributed by atoms with Crippen molar-refractivity contribution in [3.05, 3.63) is 96.6 Å². The second kappa shape index (κ2) is 9.73. The summed E-state index contributed by atoms with van der Waals surface area (Å²) in [7, 11) is 1.54. The molecule has 0 atom stereocenters. The predicted molar refractivity (Wildman–Crippen MR) is 121 cm³/mol. The fourth-order valence-electron chi connectivity index (χ4n) is 3.16. The van der Waals surface area contributed by atoms with Crippen molar-refractivity contribution in [2.45, 2.75) is 0 Å². The van der Waals surface area contributed by atoms with E-state index < -0.39 is 17.6 Å². The highest BCUT2D eigenvalue weighted by atomic mass is 19.1. The van der Waals surface area contributed by atoms with Gasteiger partial charge in [0.1, 0.15) is 18.1 Å². The van der Waals surface area contributed by atoms with Gasteiger partial charge >= 0.3 is 0 Å². The maximum Gasteiger partial charge on any atom is 0.258 e. The first-order chi connectivity index (χ1) is 16.0. The molecule has 0 fully saturated rings. The highest BCUT2D eigenvalue weighted by molar-refractivity contribution is 6.10.